The van der Waals surface area contributed by atoms with Crippen LogP contribution in [0.3, 0.4) is 0 Å². The molecule has 84 valence electrons. The van der Waals surface area contributed by atoms with Crippen molar-refractivity contribution in [3.63, 3.8) is 0 Å². The van der Waals surface area contributed by atoms with Gasteiger partial charge in [-0.1, -0.05) is 0 Å². The van der Waals surface area contributed by atoms with E-state index in [1.165, 1.54) is 0 Å². The van der Waals surface area contributed by atoms with Crippen LogP contribution in [-0.4, -0.2) is 42.2 Å². The van der Waals surface area contributed by atoms with Gasteiger partial charge in [0, 0.05) is 13.1 Å². The number of hydrogen-bond acceptors (Lipinski definition) is 5. The molecule has 1 aromatic rings. The van der Waals surface area contributed by atoms with Gasteiger partial charge in [-0.15, -0.1) is 0 Å². The van der Waals surface area contributed by atoms with Crippen molar-refractivity contribution in [3.05, 3.63) is 11.9 Å². The number of carbonyl (C=O) groups is 1. The molecule has 0 bridgehead atoms. The summed E-state index contributed by atoms with van der Waals surface area (Å²) in [4.78, 5) is 21.9. The second-order valence-electron chi connectivity index (χ2n) is 3.85. The molecule has 1 saturated heterocycles. The SMILES string of the molecule is O=C1Cc2nc(N3CCOCC3)ncc2N1. The molecule has 0 atom stereocenters. The maximum absolute atomic E-state index is 11.2. The van der Waals surface area contributed by atoms with E-state index < -0.39 is 0 Å². The van der Waals surface area contributed by atoms with Crippen LogP contribution >= 0.6 is 0 Å². The summed E-state index contributed by atoms with van der Waals surface area (Å²) in [5.74, 6) is 0.682. The Labute approximate surface area is 92.6 Å². The fraction of sp³-hybridized carbons (Fsp3) is 0.500. The third-order valence-electron chi connectivity index (χ3n) is 2.75. The molecule has 2 aliphatic heterocycles. The molecule has 16 heavy (non-hydrogen) atoms. The minimum atomic E-state index is -0.0107. The van der Waals surface area contributed by atoms with E-state index in [2.05, 4.69) is 20.2 Å². The quantitative estimate of drug-likeness (QED) is 0.710. The van der Waals surface area contributed by atoms with Crippen molar-refractivity contribution in [2.75, 3.05) is 36.5 Å². The van der Waals surface area contributed by atoms with E-state index in [1.807, 2.05) is 0 Å². The molecular weight excluding hydrogens is 208 g/mol. The lowest BCUT2D eigenvalue weighted by atomic mass is 10.3. The monoisotopic (exact) mass is 220 g/mol. The van der Waals surface area contributed by atoms with Crippen molar-refractivity contribution in [1.82, 2.24) is 9.97 Å². The minimum Gasteiger partial charge on any atom is -0.378 e. The summed E-state index contributed by atoms with van der Waals surface area (Å²) in [6, 6.07) is 0. The van der Waals surface area contributed by atoms with Gasteiger partial charge in [0.05, 0.1) is 37.2 Å². The zero-order valence-electron chi connectivity index (χ0n) is 8.77. The fourth-order valence-electron chi connectivity index (χ4n) is 1.91. The molecule has 6 heteroatoms. The Bertz CT molecular complexity index is 429. The van der Waals surface area contributed by atoms with E-state index in [9.17, 15) is 4.79 Å². The number of hydrogen-bond donors (Lipinski definition) is 1. The van der Waals surface area contributed by atoms with E-state index in [0.29, 0.717) is 25.6 Å². The molecular formula is C10H12N4O2. The van der Waals surface area contributed by atoms with Gasteiger partial charge < -0.3 is 15.0 Å². The third kappa shape index (κ3) is 1.61. The Hall–Kier alpha value is -1.69. The summed E-state index contributed by atoms with van der Waals surface area (Å²) in [6.07, 6.45) is 2.03. The minimum absolute atomic E-state index is 0.0107. The largest absolute Gasteiger partial charge is 0.378 e. The van der Waals surface area contributed by atoms with E-state index in [1.54, 1.807) is 6.20 Å². The predicted octanol–water partition coefficient (Wildman–Crippen LogP) is -0.192. The van der Waals surface area contributed by atoms with Gasteiger partial charge in [0.15, 0.2) is 0 Å². The van der Waals surface area contributed by atoms with Crippen molar-refractivity contribution in [2.45, 2.75) is 6.42 Å². The Kier molecular flexibility index (Phi) is 2.21. The molecule has 1 N–H and O–H groups in total. The number of fused-ring (bicyclic) bond motifs is 1. The van der Waals surface area contributed by atoms with Gasteiger partial charge in [-0.05, 0) is 0 Å². The lowest BCUT2D eigenvalue weighted by Gasteiger charge is -2.26. The number of aromatic nitrogens is 2. The van der Waals surface area contributed by atoms with Gasteiger partial charge >= 0.3 is 0 Å². The summed E-state index contributed by atoms with van der Waals surface area (Å²) in [5.41, 5.74) is 1.53. The van der Waals surface area contributed by atoms with Crippen LogP contribution in [0.1, 0.15) is 5.69 Å². The highest BCUT2D eigenvalue weighted by Gasteiger charge is 2.22. The normalized spacial score (nSPS) is 19.5. The molecule has 0 radical (unpaired) electrons. The summed E-state index contributed by atoms with van der Waals surface area (Å²) < 4.78 is 5.27. The standard InChI is InChI=1S/C10H12N4O2/c15-9-5-7-8(12-9)6-11-10(13-7)14-1-3-16-4-2-14/h6H,1-5H2,(H,12,15). The molecule has 0 unspecified atom stereocenters. The fourth-order valence-corrected chi connectivity index (χ4v) is 1.91. The highest BCUT2D eigenvalue weighted by molar-refractivity contribution is 5.98. The first-order chi connectivity index (χ1) is 7.83. The second kappa shape index (κ2) is 3.71. The first kappa shape index (κ1) is 9.53. The molecule has 1 amide bonds. The summed E-state index contributed by atoms with van der Waals surface area (Å²) >= 11 is 0. The maximum atomic E-state index is 11.2. The highest BCUT2D eigenvalue weighted by atomic mass is 16.5. The Morgan fingerprint density at radius 3 is 3.00 bits per heavy atom. The lowest BCUT2D eigenvalue weighted by molar-refractivity contribution is -0.115. The highest BCUT2D eigenvalue weighted by Crippen LogP contribution is 2.22. The molecule has 0 spiro atoms. The number of morpholine rings is 1. The van der Waals surface area contributed by atoms with Crippen LogP contribution in [0.4, 0.5) is 11.6 Å². The molecule has 3 rings (SSSR count). The average molecular weight is 220 g/mol. The number of nitrogens with one attached hydrogen (secondary N) is 1. The van der Waals surface area contributed by atoms with Crippen LogP contribution in [0.15, 0.2) is 6.20 Å². The van der Waals surface area contributed by atoms with Crippen LogP contribution in [0.2, 0.25) is 0 Å². The zero-order chi connectivity index (χ0) is 11.0. The maximum Gasteiger partial charge on any atom is 0.230 e. The van der Waals surface area contributed by atoms with Crippen LogP contribution in [0.5, 0.6) is 0 Å². The first-order valence-electron chi connectivity index (χ1n) is 5.31. The number of nitrogens with zero attached hydrogens (tertiary/aromatic N) is 3. The zero-order valence-corrected chi connectivity index (χ0v) is 8.77. The number of amides is 1. The van der Waals surface area contributed by atoms with E-state index in [4.69, 9.17) is 4.74 Å². The van der Waals surface area contributed by atoms with Crippen molar-refractivity contribution < 1.29 is 9.53 Å². The van der Waals surface area contributed by atoms with Gasteiger partial charge in [0.25, 0.3) is 0 Å². The van der Waals surface area contributed by atoms with E-state index in [0.717, 1.165) is 24.5 Å². The lowest BCUT2D eigenvalue weighted by Crippen LogP contribution is -2.37. The van der Waals surface area contributed by atoms with Gasteiger partial charge in [0.2, 0.25) is 11.9 Å². The summed E-state index contributed by atoms with van der Waals surface area (Å²) in [7, 11) is 0. The van der Waals surface area contributed by atoms with Crippen molar-refractivity contribution in [2.24, 2.45) is 0 Å². The smallest absolute Gasteiger partial charge is 0.230 e. The van der Waals surface area contributed by atoms with Gasteiger partial charge in [-0.2, -0.15) is 0 Å². The molecule has 0 aliphatic carbocycles. The van der Waals surface area contributed by atoms with Crippen molar-refractivity contribution >= 4 is 17.5 Å². The van der Waals surface area contributed by atoms with E-state index in [-0.39, 0.29) is 5.91 Å². The molecule has 1 aromatic heterocycles. The average Bonchev–Trinajstić information content (AvgIpc) is 2.69. The molecule has 2 aliphatic rings. The van der Waals surface area contributed by atoms with E-state index >= 15 is 0 Å². The van der Waals surface area contributed by atoms with Crippen LogP contribution < -0.4 is 10.2 Å². The summed E-state index contributed by atoms with van der Waals surface area (Å²) in [5, 5.41) is 2.72. The van der Waals surface area contributed by atoms with Gasteiger partial charge in [-0.25, -0.2) is 9.97 Å². The predicted molar refractivity (Wildman–Crippen MR) is 57.4 cm³/mol. The van der Waals surface area contributed by atoms with Crippen LogP contribution in [0, 0.1) is 0 Å². The van der Waals surface area contributed by atoms with Crippen molar-refractivity contribution in [3.8, 4) is 0 Å². The number of rotatable bonds is 1. The van der Waals surface area contributed by atoms with Crippen molar-refractivity contribution in [1.29, 1.82) is 0 Å². The Morgan fingerprint density at radius 1 is 1.38 bits per heavy atom. The van der Waals surface area contributed by atoms with Gasteiger partial charge in [-0.3, -0.25) is 4.79 Å². The topological polar surface area (TPSA) is 67.4 Å². The summed E-state index contributed by atoms with van der Waals surface area (Å²) in [6.45, 7) is 3.02. The first-order valence-corrected chi connectivity index (χ1v) is 5.31. The molecule has 0 aromatic carbocycles. The number of ether oxygens (including phenoxy) is 1. The molecule has 0 saturated carbocycles. The Morgan fingerprint density at radius 2 is 2.19 bits per heavy atom. The second-order valence-corrected chi connectivity index (χ2v) is 3.85. The number of anilines is 2. The Balaban J connectivity index is 1.86. The number of carbonyl (C=O) groups excluding carboxylic acids is 1. The molecule has 3 heterocycles. The van der Waals surface area contributed by atoms with Crippen LogP contribution in [-0.2, 0) is 16.0 Å². The van der Waals surface area contributed by atoms with Crippen LogP contribution in [0.25, 0.3) is 0 Å². The molecule has 1 fully saturated rings. The van der Waals surface area contributed by atoms with Gasteiger partial charge in [0.1, 0.15) is 0 Å². The molecule has 6 nitrogen and oxygen atoms in total. The third-order valence-corrected chi connectivity index (χ3v) is 2.75.